The maximum Gasteiger partial charge on any atom is 0.120 e. The van der Waals surface area contributed by atoms with Crippen LogP contribution in [0.15, 0.2) is 73.1 Å². The maximum absolute atomic E-state index is 5.95. The molecule has 1 aromatic heterocycles. The molecule has 0 bridgehead atoms. The van der Waals surface area contributed by atoms with Gasteiger partial charge in [-0.25, -0.2) is 0 Å². The molecule has 1 aliphatic rings. The Labute approximate surface area is 155 Å². The first-order valence-corrected chi connectivity index (χ1v) is 9.31. The molecule has 2 heterocycles. The molecule has 132 valence electrons. The molecule has 3 nitrogen and oxygen atoms in total. The third-order valence-corrected chi connectivity index (χ3v) is 4.99. The summed E-state index contributed by atoms with van der Waals surface area (Å²) in [6, 6.07) is 21.3. The van der Waals surface area contributed by atoms with Crippen LogP contribution in [0.1, 0.15) is 29.9 Å². The highest BCUT2D eigenvalue weighted by atomic mass is 16.5. The lowest BCUT2D eigenvalue weighted by Crippen LogP contribution is -2.26. The molecule has 0 amide bonds. The number of ether oxygens (including phenoxy) is 1. The second-order valence-corrected chi connectivity index (χ2v) is 6.83. The van der Waals surface area contributed by atoms with Gasteiger partial charge in [-0.05, 0) is 66.7 Å². The molecule has 0 saturated carbocycles. The minimum atomic E-state index is 0.534. The standard InChI is InChI=1S/C23H24N2O/c1-5-20(19-9-12-24-13-10-19)14-21(6-1)22-7-2-8-23(15-22)26-17-18-4-3-11-25-16-18/h1-8,11,14-16,19,24H,9-10,12-13,17H2. The van der Waals surface area contributed by atoms with E-state index in [1.807, 2.05) is 24.4 Å². The van der Waals surface area contributed by atoms with Crippen molar-refractivity contribution in [2.24, 2.45) is 0 Å². The van der Waals surface area contributed by atoms with Gasteiger partial charge in [-0.2, -0.15) is 0 Å². The maximum atomic E-state index is 5.95. The van der Waals surface area contributed by atoms with Gasteiger partial charge in [0.05, 0.1) is 0 Å². The quantitative estimate of drug-likeness (QED) is 0.722. The van der Waals surface area contributed by atoms with Crippen molar-refractivity contribution >= 4 is 0 Å². The van der Waals surface area contributed by atoms with Gasteiger partial charge >= 0.3 is 0 Å². The van der Waals surface area contributed by atoms with Crippen LogP contribution < -0.4 is 10.1 Å². The number of hydrogen-bond acceptors (Lipinski definition) is 3. The Morgan fingerprint density at radius 1 is 0.923 bits per heavy atom. The van der Waals surface area contributed by atoms with Crippen molar-refractivity contribution < 1.29 is 4.74 Å². The topological polar surface area (TPSA) is 34.1 Å². The first-order chi connectivity index (χ1) is 12.9. The third-order valence-electron chi connectivity index (χ3n) is 4.99. The average Bonchev–Trinajstić information content (AvgIpc) is 2.74. The van der Waals surface area contributed by atoms with E-state index in [4.69, 9.17) is 4.74 Å². The third kappa shape index (κ3) is 4.12. The number of nitrogens with zero attached hydrogens (tertiary/aromatic N) is 1. The van der Waals surface area contributed by atoms with Crippen molar-refractivity contribution in [3.63, 3.8) is 0 Å². The highest BCUT2D eigenvalue weighted by Crippen LogP contribution is 2.30. The van der Waals surface area contributed by atoms with E-state index in [-0.39, 0.29) is 0 Å². The summed E-state index contributed by atoms with van der Waals surface area (Å²) < 4.78 is 5.95. The van der Waals surface area contributed by atoms with Gasteiger partial charge in [-0.1, -0.05) is 42.5 Å². The Kier molecular flexibility index (Phi) is 5.27. The Balaban J connectivity index is 1.51. The van der Waals surface area contributed by atoms with Crippen LogP contribution in [0.5, 0.6) is 5.75 Å². The van der Waals surface area contributed by atoms with Gasteiger partial charge in [-0.15, -0.1) is 0 Å². The summed E-state index contributed by atoms with van der Waals surface area (Å²) in [6.45, 7) is 2.77. The van der Waals surface area contributed by atoms with E-state index in [0.29, 0.717) is 12.5 Å². The number of pyridine rings is 1. The van der Waals surface area contributed by atoms with Crippen LogP contribution in [0.25, 0.3) is 11.1 Å². The lowest BCUT2D eigenvalue weighted by Gasteiger charge is -2.23. The smallest absolute Gasteiger partial charge is 0.120 e. The van der Waals surface area contributed by atoms with E-state index in [9.17, 15) is 0 Å². The molecule has 1 N–H and O–H groups in total. The lowest BCUT2D eigenvalue weighted by atomic mass is 9.88. The zero-order valence-electron chi connectivity index (χ0n) is 14.9. The van der Waals surface area contributed by atoms with Crippen molar-refractivity contribution in [2.45, 2.75) is 25.4 Å². The Bertz CT molecular complexity index is 842. The van der Waals surface area contributed by atoms with E-state index >= 15 is 0 Å². The van der Waals surface area contributed by atoms with Crippen LogP contribution in [-0.4, -0.2) is 18.1 Å². The largest absolute Gasteiger partial charge is 0.489 e. The Morgan fingerprint density at radius 3 is 2.54 bits per heavy atom. The second kappa shape index (κ2) is 8.15. The van der Waals surface area contributed by atoms with E-state index in [1.165, 1.54) is 29.5 Å². The summed E-state index contributed by atoms with van der Waals surface area (Å²) in [6.07, 6.45) is 6.06. The van der Waals surface area contributed by atoms with Crippen LogP contribution >= 0.6 is 0 Å². The zero-order chi connectivity index (χ0) is 17.6. The van der Waals surface area contributed by atoms with Gasteiger partial charge in [0.25, 0.3) is 0 Å². The number of piperidine rings is 1. The molecule has 1 saturated heterocycles. The summed E-state index contributed by atoms with van der Waals surface area (Å²) in [7, 11) is 0. The highest BCUT2D eigenvalue weighted by molar-refractivity contribution is 5.66. The Hall–Kier alpha value is -2.65. The first kappa shape index (κ1) is 16.8. The summed E-state index contributed by atoms with van der Waals surface area (Å²) in [5.41, 5.74) is 4.98. The SMILES string of the molecule is c1cncc(COc2cccc(-c3cccc(C4CCNCC4)c3)c2)c1. The minimum Gasteiger partial charge on any atom is -0.489 e. The van der Waals surface area contributed by atoms with Crippen molar-refractivity contribution in [1.29, 1.82) is 0 Å². The molecule has 3 aromatic rings. The minimum absolute atomic E-state index is 0.534. The lowest BCUT2D eigenvalue weighted by molar-refractivity contribution is 0.306. The first-order valence-electron chi connectivity index (χ1n) is 9.31. The monoisotopic (exact) mass is 344 g/mol. The molecule has 26 heavy (non-hydrogen) atoms. The van der Waals surface area contributed by atoms with E-state index < -0.39 is 0 Å². The number of benzene rings is 2. The predicted molar refractivity (Wildman–Crippen MR) is 105 cm³/mol. The van der Waals surface area contributed by atoms with Gasteiger partial charge in [0.15, 0.2) is 0 Å². The molecule has 2 aromatic carbocycles. The molecule has 4 rings (SSSR count). The molecule has 1 fully saturated rings. The van der Waals surface area contributed by atoms with Crippen molar-refractivity contribution in [2.75, 3.05) is 13.1 Å². The molecule has 0 unspecified atom stereocenters. The summed E-state index contributed by atoms with van der Waals surface area (Å²) in [5, 5.41) is 3.44. The van der Waals surface area contributed by atoms with Crippen LogP contribution in [0.2, 0.25) is 0 Å². The van der Waals surface area contributed by atoms with Crippen LogP contribution in [0, 0.1) is 0 Å². The molecule has 0 atom stereocenters. The summed E-state index contributed by atoms with van der Waals surface area (Å²) >= 11 is 0. The summed E-state index contributed by atoms with van der Waals surface area (Å²) in [4.78, 5) is 4.13. The van der Waals surface area contributed by atoms with Crippen LogP contribution in [0.3, 0.4) is 0 Å². The van der Waals surface area contributed by atoms with E-state index in [2.05, 4.69) is 52.8 Å². The Morgan fingerprint density at radius 2 is 1.73 bits per heavy atom. The van der Waals surface area contributed by atoms with Gasteiger partial charge in [0, 0.05) is 18.0 Å². The van der Waals surface area contributed by atoms with Gasteiger partial charge in [0.1, 0.15) is 12.4 Å². The second-order valence-electron chi connectivity index (χ2n) is 6.83. The van der Waals surface area contributed by atoms with Gasteiger partial charge < -0.3 is 10.1 Å². The molecule has 0 spiro atoms. The van der Waals surface area contributed by atoms with Crippen molar-refractivity contribution in [1.82, 2.24) is 10.3 Å². The number of rotatable bonds is 5. The van der Waals surface area contributed by atoms with Gasteiger partial charge in [0.2, 0.25) is 0 Å². The van der Waals surface area contributed by atoms with E-state index in [1.54, 1.807) is 6.20 Å². The fourth-order valence-corrected chi connectivity index (χ4v) is 3.54. The molecule has 0 aliphatic carbocycles. The normalized spacial score (nSPS) is 14.9. The molecular weight excluding hydrogens is 320 g/mol. The van der Waals surface area contributed by atoms with Crippen LogP contribution in [-0.2, 0) is 6.61 Å². The van der Waals surface area contributed by atoms with Crippen LogP contribution in [0.4, 0.5) is 0 Å². The number of hydrogen-bond donors (Lipinski definition) is 1. The number of nitrogens with one attached hydrogen (secondary N) is 1. The fraction of sp³-hybridized carbons (Fsp3) is 0.261. The molecule has 3 heteroatoms. The average molecular weight is 344 g/mol. The zero-order valence-corrected chi connectivity index (χ0v) is 14.9. The van der Waals surface area contributed by atoms with Crippen molar-refractivity contribution in [3.05, 3.63) is 84.2 Å². The summed E-state index contributed by atoms with van der Waals surface area (Å²) in [5.74, 6) is 1.56. The van der Waals surface area contributed by atoms with E-state index in [0.717, 1.165) is 24.4 Å². The highest BCUT2D eigenvalue weighted by Gasteiger charge is 2.15. The van der Waals surface area contributed by atoms with Crippen molar-refractivity contribution in [3.8, 4) is 16.9 Å². The van der Waals surface area contributed by atoms with Gasteiger partial charge in [-0.3, -0.25) is 4.98 Å². The fourth-order valence-electron chi connectivity index (χ4n) is 3.54. The predicted octanol–water partition coefficient (Wildman–Crippen LogP) is 4.79. The molecule has 0 radical (unpaired) electrons. The molecule has 1 aliphatic heterocycles. The number of aromatic nitrogens is 1. The molecular formula is C23H24N2O.